The Morgan fingerprint density at radius 3 is 2.35 bits per heavy atom. The van der Waals surface area contributed by atoms with Gasteiger partial charge in [0, 0.05) is 13.2 Å². The lowest BCUT2D eigenvalue weighted by atomic mass is 10.1. The third-order valence-electron chi connectivity index (χ3n) is 6.45. The summed E-state index contributed by atoms with van der Waals surface area (Å²) in [4.78, 5) is 33.7. The Bertz CT molecular complexity index is 1520. The van der Waals surface area contributed by atoms with Crippen molar-refractivity contribution >= 4 is 16.8 Å². The number of alkyl halides is 3. The van der Waals surface area contributed by atoms with Gasteiger partial charge in [0.2, 0.25) is 5.91 Å². The van der Waals surface area contributed by atoms with Gasteiger partial charge in [-0.3, -0.25) is 14.2 Å². The van der Waals surface area contributed by atoms with Crippen molar-refractivity contribution in [2.75, 3.05) is 19.8 Å². The van der Waals surface area contributed by atoms with Crippen molar-refractivity contribution in [2.24, 2.45) is 0 Å². The van der Waals surface area contributed by atoms with Gasteiger partial charge in [-0.25, -0.2) is 4.98 Å². The Balaban J connectivity index is 1.72. The number of halogens is 3. The summed E-state index contributed by atoms with van der Waals surface area (Å²) in [5.74, 6) is -0.284. The number of para-hydroxylation sites is 1. The van der Waals surface area contributed by atoms with Gasteiger partial charge in [0.05, 0.1) is 35.7 Å². The van der Waals surface area contributed by atoms with Gasteiger partial charge < -0.3 is 14.4 Å². The van der Waals surface area contributed by atoms with Crippen LogP contribution < -0.4 is 10.3 Å². The first-order chi connectivity index (χ1) is 19.1. The Hall–Kier alpha value is -4.18. The minimum Gasteiger partial charge on any atom is -0.406 e. The van der Waals surface area contributed by atoms with Crippen LogP contribution in [0.3, 0.4) is 0 Å². The summed E-state index contributed by atoms with van der Waals surface area (Å²) < 4.78 is 48.6. The highest BCUT2D eigenvalue weighted by atomic mass is 19.4. The standard InChI is InChI=1S/C30H30F3N3O4/c1-4-39-18-17-35(27(37)19-22-11-15-24(16-12-22)40-30(31,32)33)21(3)28-34-26-8-6-5-7-25(26)29(38)36(28)23-13-9-20(2)10-14-23/h5-16,21H,4,17-19H2,1-3H3. The number of aromatic nitrogens is 2. The summed E-state index contributed by atoms with van der Waals surface area (Å²) in [6.45, 7) is 6.53. The number of hydrogen-bond donors (Lipinski definition) is 0. The van der Waals surface area contributed by atoms with Crippen LogP contribution in [-0.4, -0.2) is 46.5 Å². The van der Waals surface area contributed by atoms with Crippen molar-refractivity contribution in [3.05, 3.63) is 100 Å². The first-order valence-electron chi connectivity index (χ1n) is 12.9. The highest BCUT2D eigenvalue weighted by Crippen LogP contribution is 2.26. The molecule has 0 aliphatic carbocycles. The zero-order valence-electron chi connectivity index (χ0n) is 22.4. The van der Waals surface area contributed by atoms with E-state index in [4.69, 9.17) is 9.72 Å². The van der Waals surface area contributed by atoms with Crippen molar-refractivity contribution in [3.63, 3.8) is 0 Å². The van der Waals surface area contributed by atoms with Gasteiger partial charge in [-0.15, -0.1) is 13.2 Å². The normalized spacial score (nSPS) is 12.3. The number of aryl methyl sites for hydroxylation is 1. The topological polar surface area (TPSA) is 73.7 Å². The number of carbonyl (C=O) groups is 1. The summed E-state index contributed by atoms with van der Waals surface area (Å²) in [5, 5.41) is 0.451. The number of nitrogens with zero attached hydrogens (tertiary/aromatic N) is 3. The highest BCUT2D eigenvalue weighted by Gasteiger charge is 2.31. The van der Waals surface area contributed by atoms with Gasteiger partial charge >= 0.3 is 6.36 Å². The molecule has 1 atom stereocenters. The number of ether oxygens (including phenoxy) is 2. The minimum atomic E-state index is -4.80. The zero-order valence-corrected chi connectivity index (χ0v) is 22.4. The van der Waals surface area contributed by atoms with Crippen molar-refractivity contribution in [3.8, 4) is 11.4 Å². The molecule has 4 rings (SSSR count). The molecule has 1 aromatic heterocycles. The number of rotatable bonds is 10. The molecule has 0 saturated heterocycles. The van der Waals surface area contributed by atoms with E-state index in [0.717, 1.165) is 5.56 Å². The molecule has 1 heterocycles. The molecule has 0 fully saturated rings. The smallest absolute Gasteiger partial charge is 0.406 e. The van der Waals surface area contributed by atoms with Crippen LogP contribution in [0, 0.1) is 6.92 Å². The number of carbonyl (C=O) groups excluding carboxylic acids is 1. The van der Waals surface area contributed by atoms with Crippen molar-refractivity contribution in [1.29, 1.82) is 0 Å². The van der Waals surface area contributed by atoms with Crippen LogP contribution >= 0.6 is 0 Å². The lowest BCUT2D eigenvalue weighted by Crippen LogP contribution is -2.40. The second kappa shape index (κ2) is 12.3. The van der Waals surface area contributed by atoms with Crippen LogP contribution in [0.2, 0.25) is 0 Å². The van der Waals surface area contributed by atoms with E-state index in [-0.39, 0.29) is 36.8 Å². The molecular weight excluding hydrogens is 523 g/mol. The quantitative estimate of drug-likeness (QED) is 0.234. The monoisotopic (exact) mass is 553 g/mol. The third-order valence-corrected chi connectivity index (χ3v) is 6.45. The average molecular weight is 554 g/mol. The molecule has 0 spiro atoms. The van der Waals surface area contributed by atoms with Gasteiger partial charge in [0.15, 0.2) is 0 Å². The van der Waals surface area contributed by atoms with Crippen LogP contribution in [-0.2, 0) is 16.0 Å². The highest BCUT2D eigenvalue weighted by molar-refractivity contribution is 5.80. The third kappa shape index (κ3) is 6.87. The molecule has 0 aliphatic rings. The number of fused-ring (bicyclic) bond motifs is 1. The molecule has 210 valence electrons. The SMILES string of the molecule is CCOCCN(C(=O)Cc1ccc(OC(F)(F)F)cc1)C(C)c1nc2ccccc2c(=O)n1-c1ccc(C)cc1. The summed E-state index contributed by atoms with van der Waals surface area (Å²) in [6, 6.07) is 19.0. The predicted molar refractivity (Wildman–Crippen MR) is 146 cm³/mol. The van der Waals surface area contributed by atoms with E-state index < -0.39 is 12.4 Å². The number of amides is 1. The van der Waals surface area contributed by atoms with Gasteiger partial charge in [-0.2, -0.15) is 0 Å². The van der Waals surface area contributed by atoms with E-state index in [1.54, 1.807) is 36.1 Å². The van der Waals surface area contributed by atoms with Crippen LogP contribution in [0.5, 0.6) is 5.75 Å². The number of hydrogen-bond acceptors (Lipinski definition) is 5. The van der Waals surface area contributed by atoms with E-state index in [0.29, 0.717) is 34.6 Å². The van der Waals surface area contributed by atoms with Crippen LogP contribution in [0.1, 0.15) is 36.8 Å². The van der Waals surface area contributed by atoms with E-state index in [9.17, 15) is 22.8 Å². The van der Waals surface area contributed by atoms with E-state index >= 15 is 0 Å². The lowest BCUT2D eigenvalue weighted by Gasteiger charge is -2.30. The van der Waals surface area contributed by atoms with Crippen molar-refractivity contribution in [2.45, 2.75) is 39.6 Å². The zero-order chi connectivity index (χ0) is 28.9. The van der Waals surface area contributed by atoms with Crippen molar-refractivity contribution < 1.29 is 27.4 Å². The summed E-state index contributed by atoms with van der Waals surface area (Å²) in [6.07, 6.45) is -4.88. The first-order valence-corrected chi connectivity index (χ1v) is 12.9. The molecule has 0 aliphatic heterocycles. The second-order valence-corrected chi connectivity index (χ2v) is 9.29. The van der Waals surface area contributed by atoms with Gasteiger partial charge in [0.25, 0.3) is 5.56 Å². The van der Waals surface area contributed by atoms with E-state index in [1.165, 1.54) is 28.8 Å². The summed E-state index contributed by atoms with van der Waals surface area (Å²) in [7, 11) is 0. The van der Waals surface area contributed by atoms with E-state index in [2.05, 4.69) is 4.74 Å². The maximum absolute atomic E-state index is 13.7. The maximum atomic E-state index is 13.7. The van der Waals surface area contributed by atoms with Crippen LogP contribution in [0.15, 0.2) is 77.6 Å². The lowest BCUT2D eigenvalue weighted by molar-refractivity contribution is -0.274. The number of benzene rings is 3. The summed E-state index contributed by atoms with van der Waals surface area (Å²) >= 11 is 0. The first kappa shape index (κ1) is 28.8. The van der Waals surface area contributed by atoms with Gasteiger partial charge in [0.1, 0.15) is 11.6 Å². The molecule has 7 nitrogen and oxygen atoms in total. The van der Waals surface area contributed by atoms with Crippen LogP contribution in [0.25, 0.3) is 16.6 Å². The Morgan fingerprint density at radius 2 is 1.70 bits per heavy atom. The average Bonchev–Trinajstić information content (AvgIpc) is 2.92. The minimum absolute atomic E-state index is 0.0783. The molecule has 4 aromatic rings. The van der Waals surface area contributed by atoms with Gasteiger partial charge in [-0.1, -0.05) is 42.0 Å². The molecule has 1 amide bonds. The fourth-order valence-electron chi connectivity index (χ4n) is 4.44. The molecular formula is C30H30F3N3O4. The fraction of sp³-hybridized carbons (Fsp3) is 0.300. The van der Waals surface area contributed by atoms with Gasteiger partial charge in [-0.05, 0) is 62.7 Å². The Morgan fingerprint density at radius 1 is 1.02 bits per heavy atom. The molecule has 40 heavy (non-hydrogen) atoms. The predicted octanol–water partition coefficient (Wildman–Crippen LogP) is 5.76. The summed E-state index contributed by atoms with van der Waals surface area (Å²) in [5.41, 5.74) is 2.41. The fourth-order valence-corrected chi connectivity index (χ4v) is 4.44. The molecule has 10 heteroatoms. The largest absolute Gasteiger partial charge is 0.573 e. The molecule has 0 radical (unpaired) electrons. The molecule has 0 bridgehead atoms. The Labute approximate surface area is 229 Å². The van der Waals surface area contributed by atoms with E-state index in [1.807, 2.05) is 38.1 Å². The molecule has 0 N–H and O–H groups in total. The molecule has 3 aromatic carbocycles. The molecule has 1 unspecified atom stereocenters. The second-order valence-electron chi connectivity index (χ2n) is 9.29. The van der Waals surface area contributed by atoms with Crippen LogP contribution in [0.4, 0.5) is 13.2 Å². The Kier molecular flexibility index (Phi) is 8.89. The maximum Gasteiger partial charge on any atom is 0.573 e. The molecule has 0 saturated carbocycles. The van der Waals surface area contributed by atoms with Crippen molar-refractivity contribution in [1.82, 2.24) is 14.5 Å².